The molecule has 0 heterocycles. The summed E-state index contributed by atoms with van der Waals surface area (Å²) in [5.74, 6) is 0. The first-order chi connectivity index (χ1) is 7.28. The molecule has 0 bridgehead atoms. The number of aliphatic hydroxyl groups is 1. The Labute approximate surface area is 98.6 Å². The number of carbonyl (C=O) groups excluding carboxylic acids is 1. The van der Waals surface area contributed by atoms with Crippen molar-refractivity contribution in [3.8, 4) is 0 Å². The SMILES string of the molecule is CC(C)[NH+](CCCCO)C(=O)OC(C)(C)C. The molecular weight excluding hydrogens is 206 g/mol. The van der Waals surface area contributed by atoms with Gasteiger partial charge in [0.25, 0.3) is 0 Å². The number of hydrogen-bond donors (Lipinski definition) is 2. The molecular formula is C12H26NO3+. The van der Waals surface area contributed by atoms with Gasteiger partial charge in [-0.3, -0.25) is 0 Å². The summed E-state index contributed by atoms with van der Waals surface area (Å²) in [4.78, 5) is 12.7. The third-order valence-corrected chi connectivity index (χ3v) is 2.21. The summed E-state index contributed by atoms with van der Waals surface area (Å²) in [6.07, 6.45) is 1.38. The summed E-state index contributed by atoms with van der Waals surface area (Å²) in [7, 11) is 0. The maximum absolute atomic E-state index is 11.9. The van der Waals surface area contributed by atoms with E-state index in [0.29, 0.717) is 6.54 Å². The van der Waals surface area contributed by atoms with Gasteiger partial charge in [-0.1, -0.05) is 0 Å². The van der Waals surface area contributed by atoms with Crippen LogP contribution in [0.1, 0.15) is 47.5 Å². The average Bonchev–Trinajstić information content (AvgIpc) is 2.08. The number of aliphatic hydroxyl groups excluding tert-OH is 1. The number of unbranched alkanes of at least 4 members (excludes halogenated alkanes) is 1. The van der Waals surface area contributed by atoms with Crippen molar-refractivity contribution in [1.82, 2.24) is 0 Å². The van der Waals surface area contributed by atoms with Gasteiger partial charge in [0, 0.05) is 6.61 Å². The fraction of sp³-hybridized carbons (Fsp3) is 0.917. The zero-order valence-corrected chi connectivity index (χ0v) is 11.2. The molecule has 4 heteroatoms. The molecule has 16 heavy (non-hydrogen) atoms. The normalized spacial score (nSPS) is 13.9. The van der Waals surface area contributed by atoms with E-state index < -0.39 is 5.60 Å². The molecule has 1 amide bonds. The first kappa shape index (κ1) is 15.4. The van der Waals surface area contributed by atoms with Crippen LogP contribution in [-0.4, -0.2) is 36.0 Å². The van der Waals surface area contributed by atoms with Gasteiger partial charge in [-0.25, -0.2) is 4.90 Å². The second kappa shape index (κ2) is 6.86. The van der Waals surface area contributed by atoms with Crippen LogP contribution in [0.3, 0.4) is 0 Å². The fourth-order valence-corrected chi connectivity index (χ4v) is 1.40. The Kier molecular flexibility index (Phi) is 6.60. The third kappa shape index (κ3) is 6.80. The van der Waals surface area contributed by atoms with E-state index in [0.717, 1.165) is 17.7 Å². The van der Waals surface area contributed by atoms with E-state index in [-0.39, 0.29) is 18.7 Å². The quantitative estimate of drug-likeness (QED) is 0.695. The van der Waals surface area contributed by atoms with Gasteiger partial charge >= 0.3 is 6.09 Å². The van der Waals surface area contributed by atoms with Gasteiger partial charge in [0.15, 0.2) is 0 Å². The van der Waals surface area contributed by atoms with Crippen molar-refractivity contribution in [2.75, 3.05) is 13.2 Å². The standard InChI is InChI=1S/C12H25NO3/c1-10(2)13(8-6-7-9-14)11(15)16-12(3,4)5/h10,14H,6-9H2,1-5H3/p+1. The van der Waals surface area contributed by atoms with Crippen LogP contribution in [-0.2, 0) is 4.74 Å². The minimum atomic E-state index is -0.436. The van der Waals surface area contributed by atoms with E-state index >= 15 is 0 Å². The predicted octanol–water partition coefficient (Wildman–Crippen LogP) is 0.987. The van der Waals surface area contributed by atoms with Crippen molar-refractivity contribution in [1.29, 1.82) is 0 Å². The van der Waals surface area contributed by atoms with Crippen LogP contribution >= 0.6 is 0 Å². The molecule has 0 spiro atoms. The molecule has 2 N–H and O–H groups in total. The number of hydrogen-bond acceptors (Lipinski definition) is 3. The molecule has 0 aliphatic rings. The molecule has 1 atom stereocenters. The molecule has 0 rings (SSSR count). The predicted molar refractivity (Wildman–Crippen MR) is 63.5 cm³/mol. The van der Waals surface area contributed by atoms with Gasteiger partial charge in [0.05, 0.1) is 12.6 Å². The monoisotopic (exact) mass is 232 g/mol. The number of rotatable bonds is 5. The second-order valence-electron chi connectivity index (χ2n) is 5.36. The van der Waals surface area contributed by atoms with E-state index in [1.807, 2.05) is 34.6 Å². The molecule has 0 aromatic heterocycles. The topological polar surface area (TPSA) is 51.0 Å². The number of carbonyl (C=O) groups is 1. The van der Waals surface area contributed by atoms with Crippen LogP contribution in [0.15, 0.2) is 0 Å². The average molecular weight is 232 g/mol. The van der Waals surface area contributed by atoms with Gasteiger partial charge in [-0.15, -0.1) is 0 Å². The minimum Gasteiger partial charge on any atom is -0.414 e. The smallest absolute Gasteiger partial charge is 0.414 e. The van der Waals surface area contributed by atoms with Crippen LogP contribution < -0.4 is 4.90 Å². The van der Waals surface area contributed by atoms with Crippen molar-refractivity contribution in [2.45, 2.75) is 59.1 Å². The summed E-state index contributed by atoms with van der Waals surface area (Å²) in [6.45, 7) is 10.5. The maximum Gasteiger partial charge on any atom is 0.515 e. The van der Waals surface area contributed by atoms with E-state index in [9.17, 15) is 4.79 Å². The largest absolute Gasteiger partial charge is 0.515 e. The molecule has 0 aromatic carbocycles. The van der Waals surface area contributed by atoms with Crippen LogP contribution in [0, 0.1) is 0 Å². The Morgan fingerprint density at radius 1 is 1.31 bits per heavy atom. The zero-order valence-electron chi connectivity index (χ0n) is 11.2. The van der Waals surface area contributed by atoms with Gasteiger partial charge < -0.3 is 9.84 Å². The molecule has 1 unspecified atom stereocenters. The Hall–Kier alpha value is -0.610. The van der Waals surface area contributed by atoms with Crippen LogP contribution in [0.25, 0.3) is 0 Å². The van der Waals surface area contributed by atoms with Crippen molar-refractivity contribution in [3.05, 3.63) is 0 Å². The Bertz CT molecular complexity index is 209. The van der Waals surface area contributed by atoms with Gasteiger partial charge in [-0.05, 0) is 47.5 Å². The zero-order chi connectivity index (χ0) is 12.8. The fourth-order valence-electron chi connectivity index (χ4n) is 1.40. The molecule has 0 aliphatic carbocycles. The molecule has 0 radical (unpaired) electrons. The maximum atomic E-state index is 11.9. The first-order valence-electron chi connectivity index (χ1n) is 5.98. The Balaban J connectivity index is 4.25. The lowest BCUT2D eigenvalue weighted by atomic mass is 10.2. The highest BCUT2D eigenvalue weighted by Gasteiger charge is 2.28. The molecule has 4 nitrogen and oxygen atoms in total. The van der Waals surface area contributed by atoms with E-state index in [1.54, 1.807) is 0 Å². The minimum absolute atomic E-state index is 0.180. The number of ether oxygens (including phenoxy) is 1. The lowest BCUT2D eigenvalue weighted by molar-refractivity contribution is -0.848. The Morgan fingerprint density at radius 3 is 2.25 bits per heavy atom. The van der Waals surface area contributed by atoms with Gasteiger partial charge in [0.1, 0.15) is 5.60 Å². The molecule has 96 valence electrons. The number of quaternary nitrogens is 1. The van der Waals surface area contributed by atoms with Crippen molar-refractivity contribution >= 4 is 6.09 Å². The van der Waals surface area contributed by atoms with Gasteiger partial charge in [-0.2, -0.15) is 4.79 Å². The number of amides is 1. The summed E-state index contributed by atoms with van der Waals surface area (Å²) < 4.78 is 5.35. The van der Waals surface area contributed by atoms with E-state index in [4.69, 9.17) is 9.84 Å². The van der Waals surface area contributed by atoms with Crippen molar-refractivity contribution < 1.29 is 19.5 Å². The summed E-state index contributed by atoms with van der Waals surface area (Å²) in [6, 6.07) is 0.202. The van der Waals surface area contributed by atoms with Crippen LogP contribution in [0.4, 0.5) is 4.79 Å². The number of alkyl carbamates (subject to hydrolysis) is 2. The summed E-state index contributed by atoms with van der Waals surface area (Å²) >= 11 is 0. The molecule has 0 fully saturated rings. The van der Waals surface area contributed by atoms with Crippen LogP contribution in [0.5, 0.6) is 0 Å². The number of nitrogens with one attached hydrogen (secondary N) is 1. The Morgan fingerprint density at radius 2 is 1.88 bits per heavy atom. The van der Waals surface area contributed by atoms with E-state index in [2.05, 4.69) is 0 Å². The molecule has 0 aromatic rings. The van der Waals surface area contributed by atoms with Crippen molar-refractivity contribution in [3.63, 3.8) is 0 Å². The second-order valence-corrected chi connectivity index (χ2v) is 5.36. The highest BCUT2D eigenvalue weighted by atomic mass is 16.6. The highest BCUT2D eigenvalue weighted by Crippen LogP contribution is 2.05. The van der Waals surface area contributed by atoms with Crippen molar-refractivity contribution in [2.24, 2.45) is 0 Å². The molecule has 0 aliphatic heterocycles. The van der Waals surface area contributed by atoms with Gasteiger partial charge in [0.2, 0.25) is 0 Å². The van der Waals surface area contributed by atoms with Crippen LogP contribution in [0.2, 0.25) is 0 Å². The highest BCUT2D eigenvalue weighted by molar-refractivity contribution is 5.57. The first-order valence-corrected chi connectivity index (χ1v) is 5.98. The summed E-state index contributed by atoms with van der Waals surface area (Å²) in [5, 5.41) is 8.72. The lowest BCUT2D eigenvalue weighted by Gasteiger charge is -2.25. The lowest BCUT2D eigenvalue weighted by Crippen LogP contribution is -3.17. The third-order valence-electron chi connectivity index (χ3n) is 2.21. The van der Waals surface area contributed by atoms with E-state index in [1.165, 1.54) is 0 Å². The summed E-state index contributed by atoms with van der Waals surface area (Å²) in [5.41, 5.74) is -0.436. The molecule has 0 saturated carbocycles. The molecule has 0 saturated heterocycles.